The zero-order valence-electron chi connectivity index (χ0n) is 15.7. The smallest absolute Gasteiger partial charge is 0.232 e. The molecule has 0 amide bonds. The molecule has 1 aliphatic carbocycles. The van der Waals surface area contributed by atoms with E-state index in [0.717, 1.165) is 25.5 Å². The van der Waals surface area contributed by atoms with E-state index in [4.69, 9.17) is 16.5 Å². The number of pyridine rings is 2. The molecule has 30 heavy (non-hydrogen) atoms. The van der Waals surface area contributed by atoms with Crippen LogP contribution in [0.5, 0.6) is 0 Å². The van der Waals surface area contributed by atoms with Gasteiger partial charge in [0.2, 0.25) is 10.2 Å². The third-order valence-corrected chi connectivity index (χ3v) is 8.49. The topological polar surface area (TPSA) is 127 Å². The van der Waals surface area contributed by atoms with E-state index in [2.05, 4.69) is 15.0 Å². The molecule has 5 rings (SSSR count). The molecule has 0 aromatic carbocycles. The number of hydrogen-bond donors (Lipinski definition) is 2. The van der Waals surface area contributed by atoms with Gasteiger partial charge in [-0.3, -0.25) is 4.98 Å². The molecule has 0 aliphatic heterocycles. The predicted octanol–water partition coefficient (Wildman–Crippen LogP) is 3.78. The molecule has 4 aromatic heterocycles. The Hall–Kier alpha value is -2.82. The summed E-state index contributed by atoms with van der Waals surface area (Å²) in [5.41, 5.74) is 15.0. The van der Waals surface area contributed by atoms with E-state index in [1.165, 1.54) is 17.4 Å². The summed E-state index contributed by atoms with van der Waals surface area (Å²) >= 11 is 0.132. The molecule has 0 spiro atoms. The van der Waals surface area contributed by atoms with Gasteiger partial charge in [-0.1, -0.05) is 11.3 Å². The van der Waals surface area contributed by atoms with E-state index in [0.29, 0.717) is 42.5 Å². The Morgan fingerprint density at radius 2 is 1.83 bits per heavy atom. The van der Waals surface area contributed by atoms with Crippen LogP contribution in [0.3, 0.4) is 0 Å². The highest BCUT2D eigenvalue weighted by Crippen LogP contribution is 2.45. The number of rotatable bonds is 4. The number of nitrogens with two attached hydrogens (primary N) is 2. The van der Waals surface area contributed by atoms with Gasteiger partial charge in [0.25, 0.3) is 0 Å². The molecule has 1 aliphatic rings. The average Bonchev–Trinajstić information content (AvgIpc) is 3.03. The van der Waals surface area contributed by atoms with E-state index >= 15 is 0 Å². The van der Waals surface area contributed by atoms with Gasteiger partial charge in [0.1, 0.15) is 21.6 Å². The van der Waals surface area contributed by atoms with E-state index in [1.54, 1.807) is 24.7 Å². The van der Waals surface area contributed by atoms with Crippen LogP contribution in [0.15, 0.2) is 41.1 Å². The van der Waals surface area contributed by atoms with Gasteiger partial charge >= 0.3 is 0 Å². The molecule has 1 atom stereocenters. The number of thiophene rings is 1. The highest BCUT2D eigenvalue weighted by Gasteiger charge is 2.35. The summed E-state index contributed by atoms with van der Waals surface area (Å²) in [5.74, 6) is -0.296. The van der Waals surface area contributed by atoms with Crippen LogP contribution in [-0.2, 0) is 11.2 Å². The van der Waals surface area contributed by atoms with Gasteiger partial charge in [0.05, 0.1) is 11.9 Å². The van der Waals surface area contributed by atoms with Crippen molar-refractivity contribution in [2.75, 3.05) is 11.5 Å². The summed E-state index contributed by atoms with van der Waals surface area (Å²) in [6.45, 7) is 0. The second kappa shape index (κ2) is 7.46. The molecule has 1 fully saturated rings. The van der Waals surface area contributed by atoms with Gasteiger partial charge in [-0.15, -0.1) is 0 Å². The molecule has 4 aromatic rings. The van der Waals surface area contributed by atoms with Crippen LogP contribution in [-0.4, -0.2) is 29.7 Å². The molecular formula is C20H17FN6OS2. The van der Waals surface area contributed by atoms with Crippen LogP contribution < -0.4 is 11.5 Å². The number of hydrogen-bond acceptors (Lipinski definition) is 8. The Morgan fingerprint density at radius 3 is 2.50 bits per heavy atom. The van der Waals surface area contributed by atoms with Gasteiger partial charge in [-0.05, 0) is 37.0 Å². The minimum atomic E-state index is -1.19. The first-order valence-electron chi connectivity index (χ1n) is 9.33. The van der Waals surface area contributed by atoms with Gasteiger partial charge < -0.3 is 16.0 Å². The van der Waals surface area contributed by atoms with Gasteiger partial charge in [0, 0.05) is 46.3 Å². The Labute approximate surface area is 178 Å². The highest BCUT2D eigenvalue weighted by molar-refractivity contribution is 7.94. The second-order valence-electron chi connectivity index (χ2n) is 7.11. The number of nitrogens with zero attached hydrogens (tertiary/aromatic N) is 4. The molecule has 1 saturated carbocycles. The van der Waals surface area contributed by atoms with Crippen molar-refractivity contribution in [3.05, 3.63) is 42.7 Å². The Kier molecular flexibility index (Phi) is 4.76. The highest BCUT2D eigenvalue weighted by atomic mass is 32.2. The number of nitrogen functional groups attached to an aromatic ring is 2. The van der Waals surface area contributed by atoms with E-state index < -0.39 is 17.0 Å². The van der Waals surface area contributed by atoms with Crippen molar-refractivity contribution in [1.82, 2.24) is 19.9 Å². The quantitative estimate of drug-likeness (QED) is 0.462. The van der Waals surface area contributed by atoms with Crippen LogP contribution in [0.2, 0.25) is 0 Å². The van der Waals surface area contributed by atoms with Crippen molar-refractivity contribution in [3.8, 4) is 22.4 Å². The van der Waals surface area contributed by atoms with Crippen molar-refractivity contribution in [1.29, 1.82) is 0 Å². The average molecular weight is 441 g/mol. The fourth-order valence-corrected chi connectivity index (χ4v) is 6.60. The molecule has 7 nitrogen and oxygen atoms in total. The Balaban J connectivity index is 1.75. The molecular weight excluding hydrogens is 423 g/mol. The number of halogens is 1. The van der Waals surface area contributed by atoms with Crippen LogP contribution >= 0.6 is 11.3 Å². The number of fused-ring (bicyclic) bond motifs is 1. The van der Waals surface area contributed by atoms with E-state index in [9.17, 15) is 8.94 Å². The molecule has 1 unspecified atom stereocenters. The summed E-state index contributed by atoms with van der Waals surface area (Å²) in [6, 6.07) is 3.19. The van der Waals surface area contributed by atoms with Crippen LogP contribution in [0.25, 0.3) is 32.6 Å². The lowest BCUT2D eigenvalue weighted by atomic mass is 10.00. The van der Waals surface area contributed by atoms with Gasteiger partial charge in [-0.2, -0.15) is 0 Å². The van der Waals surface area contributed by atoms with Crippen molar-refractivity contribution in [2.45, 2.75) is 28.7 Å². The molecule has 4 N–H and O–H groups in total. The minimum Gasteiger partial charge on any atom is -0.611 e. The SMILES string of the molecule is Nc1ncc(-c2cc(-c3cncc(F)c3)c3c(N)c([S+]([O-])C4CCC4)sc3n2)cn1. The minimum absolute atomic E-state index is 0.129. The van der Waals surface area contributed by atoms with Gasteiger partial charge in [-0.25, -0.2) is 19.3 Å². The summed E-state index contributed by atoms with van der Waals surface area (Å²) in [4.78, 5) is 17.4. The fourth-order valence-electron chi connectivity index (χ4n) is 3.39. The normalized spacial score (nSPS) is 15.3. The second-order valence-corrected chi connectivity index (χ2v) is 10.0. The predicted molar refractivity (Wildman–Crippen MR) is 117 cm³/mol. The third kappa shape index (κ3) is 3.26. The standard InChI is InChI=1S/C20H17FN6OS2/c21-12-4-10(6-24-9-12)14-5-15(11-7-25-20(23)26-8-11)27-18-16(14)17(22)19(29-18)30(28)13-2-1-3-13/h4-9,13H,1-3,22H2,(H2,23,25,26). The maximum absolute atomic E-state index is 13.9. The summed E-state index contributed by atoms with van der Waals surface area (Å²) in [5, 5.41) is 0.791. The number of aromatic nitrogens is 4. The summed E-state index contributed by atoms with van der Waals surface area (Å²) in [6.07, 6.45) is 8.82. The molecule has 0 radical (unpaired) electrons. The van der Waals surface area contributed by atoms with Crippen LogP contribution in [0, 0.1) is 5.82 Å². The monoisotopic (exact) mass is 440 g/mol. The first-order chi connectivity index (χ1) is 14.5. The zero-order chi connectivity index (χ0) is 20.8. The first kappa shape index (κ1) is 19.2. The molecule has 4 heterocycles. The molecule has 0 saturated heterocycles. The van der Waals surface area contributed by atoms with Crippen LogP contribution in [0.1, 0.15) is 19.3 Å². The molecule has 0 bridgehead atoms. The van der Waals surface area contributed by atoms with Gasteiger partial charge in [0.15, 0.2) is 0 Å². The Morgan fingerprint density at radius 1 is 1.07 bits per heavy atom. The van der Waals surface area contributed by atoms with Crippen molar-refractivity contribution >= 4 is 44.4 Å². The maximum atomic E-state index is 13.9. The number of anilines is 2. The summed E-state index contributed by atoms with van der Waals surface area (Å²) < 4.78 is 27.6. The lowest BCUT2D eigenvalue weighted by Gasteiger charge is -2.27. The van der Waals surface area contributed by atoms with E-state index in [-0.39, 0.29) is 11.2 Å². The third-order valence-electron chi connectivity index (χ3n) is 5.19. The van der Waals surface area contributed by atoms with Crippen molar-refractivity contribution in [3.63, 3.8) is 0 Å². The first-order valence-corrected chi connectivity index (χ1v) is 11.4. The Bertz CT molecular complexity index is 1240. The summed E-state index contributed by atoms with van der Waals surface area (Å²) in [7, 11) is 0. The largest absolute Gasteiger partial charge is 0.611 e. The molecule has 152 valence electrons. The zero-order valence-corrected chi connectivity index (χ0v) is 17.3. The maximum Gasteiger partial charge on any atom is 0.232 e. The van der Waals surface area contributed by atoms with E-state index in [1.807, 2.05) is 0 Å². The van der Waals surface area contributed by atoms with Crippen molar-refractivity contribution < 1.29 is 8.94 Å². The molecule has 10 heteroatoms. The fraction of sp³-hybridized carbons (Fsp3) is 0.200. The lowest BCUT2D eigenvalue weighted by molar-refractivity contribution is 0.478. The lowest BCUT2D eigenvalue weighted by Crippen LogP contribution is -2.28. The van der Waals surface area contributed by atoms with Crippen molar-refractivity contribution in [2.24, 2.45) is 0 Å². The van der Waals surface area contributed by atoms with Crippen LogP contribution in [0.4, 0.5) is 16.0 Å².